The van der Waals surface area contributed by atoms with Gasteiger partial charge in [0.05, 0.1) is 6.04 Å². The molecule has 0 amide bonds. The van der Waals surface area contributed by atoms with E-state index in [4.69, 9.17) is 4.42 Å². The number of benzene rings is 5. The van der Waals surface area contributed by atoms with Crippen LogP contribution < -0.4 is 0 Å². The normalized spacial score (nSPS) is 15.3. The van der Waals surface area contributed by atoms with Crippen LogP contribution in [0.1, 0.15) is 12.5 Å². The van der Waals surface area contributed by atoms with Crippen LogP contribution in [0.4, 0.5) is 0 Å². The topological polar surface area (TPSA) is 18.1 Å². The zero-order valence-corrected chi connectivity index (χ0v) is 20.8. The number of hydrogen-bond donors (Lipinski definition) is 0. The maximum Gasteiger partial charge on any atom is 0.135 e. The summed E-state index contributed by atoms with van der Waals surface area (Å²) in [6.07, 6.45) is 9.89. The Morgan fingerprint density at radius 3 is 2.05 bits per heavy atom. The molecule has 7 aromatic rings. The van der Waals surface area contributed by atoms with Crippen LogP contribution in [-0.2, 0) is 0 Å². The standard InChI is InChI=1S/C36H25NO/c1-2-11-28(12-3-1)37-33-15-6-4-13-29(33)31-22-26(17-19-34(31)37)24-9-8-10-25(21-24)27-18-20-36-32(23-27)30-14-5-7-16-35(30)38-36/h1-11,13-23,28H,12H2. The molecule has 1 aliphatic carbocycles. The highest BCUT2D eigenvalue weighted by molar-refractivity contribution is 6.10. The molecule has 0 saturated carbocycles. The molecule has 1 unspecified atom stereocenters. The summed E-state index contributed by atoms with van der Waals surface area (Å²) in [5, 5.41) is 4.92. The van der Waals surface area contributed by atoms with Gasteiger partial charge in [0.2, 0.25) is 0 Å². The first-order valence-corrected chi connectivity index (χ1v) is 13.2. The smallest absolute Gasteiger partial charge is 0.135 e. The molecule has 0 fully saturated rings. The first-order chi connectivity index (χ1) is 18.8. The number of nitrogens with zero attached hydrogens (tertiary/aromatic N) is 1. The number of para-hydroxylation sites is 2. The van der Waals surface area contributed by atoms with Crippen molar-refractivity contribution in [1.82, 2.24) is 4.57 Å². The van der Waals surface area contributed by atoms with Crippen molar-refractivity contribution in [3.8, 4) is 22.3 Å². The van der Waals surface area contributed by atoms with E-state index in [-0.39, 0.29) is 0 Å². The Labute approximate surface area is 220 Å². The maximum atomic E-state index is 6.05. The van der Waals surface area contributed by atoms with E-state index < -0.39 is 0 Å². The Morgan fingerprint density at radius 2 is 1.21 bits per heavy atom. The summed E-state index contributed by atoms with van der Waals surface area (Å²) in [6.45, 7) is 0. The van der Waals surface area contributed by atoms with Gasteiger partial charge in [-0.2, -0.15) is 0 Å². The second-order valence-corrected chi connectivity index (χ2v) is 10.1. The van der Waals surface area contributed by atoms with Gasteiger partial charge >= 0.3 is 0 Å². The van der Waals surface area contributed by atoms with Crippen LogP contribution in [0.25, 0.3) is 66.0 Å². The molecule has 0 radical (unpaired) electrons. The minimum atomic E-state index is 0.338. The van der Waals surface area contributed by atoms with Crippen molar-refractivity contribution < 1.29 is 4.42 Å². The molecule has 2 heteroatoms. The molecule has 1 atom stereocenters. The van der Waals surface area contributed by atoms with E-state index in [1.807, 2.05) is 12.1 Å². The van der Waals surface area contributed by atoms with Crippen LogP contribution in [0.2, 0.25) is 0 Å². The van der Waals surface area contributed by atoms with E-state index in [2.05, 4.69) is 126 Å². The van der Waals surface area contributed by atoms with Gasteiger partial charge in [0.25, 0.3) is 0 Å². The molecule has 0 bridgehead atoms. The molecule has 8 rings (SSSR count). The van der Waals surface area contributed by atoms with Crippen LogP contribution >= 0.6 is 0 Å². The van der Waals surface area contributed by atoms with Gasteiger partial charge in [-0.1, -0.05) is 91.0 Å². The van der Waals surface area contributed by atoms with Crippen molar-refractivity contribution in [3.05, 3.63) is 133 Å². The number of hydrogen-bond acceptors (Lipinski definition) is 1. The Hall–Kier alpha value is -4.82. The Balaban J connectivity index is 1.25. The molecule has 5 aromatic carbocycles. The molecule has 0 N–H and O–H groups in total. The molecule has 0 aliphatic heterocycles. The third kappa shape index (κ3) is 3.27. The summed E-state index contributed by atoms with van der Waals surface area (Å²) < 4.78 is 8.54. The maximum absolute atomic E-state index is 6.05. The third-order valence-electron chi connectivity index (χ3n) is 7.91. The predicted octanol–water partition coefficient (Wildman–Crippen LogP) is 10.1. The second kappa shape index (κ2) is 8.36. The van der Waals surface area contributed by atoms with Gasteiger partial charge in [-0.05, 0) is 71.1 Å². The van der Waals surface area contributed by atoms with Crippen LogP contribution in [0.5, 0.6) is 0 Å². The van der Waals surface area contributed by atoms with Crippen molar-refractivity contribution in [1.29, 1.82) is 0 Å². The van der Waals surface area contributed by atoms with Crippen molar-refractivity contribution in [2.75, 3.05) is 0 Å². The SMILES string of the molecule is C1=CCC(n2c3ccccc3c3cc(-c4cccc(-c5ccc6oc7ccccc7c6c5)c4)ccc32)C=C1. The Morgan fingerprint density at radius 1 is 0.526 bits per heavy atom. The zero-order valence-electron chi connectivity index (χ0n) is 20.8. The molecular formula is C36H25NO. The number of furan rings is 1. The van der Waals surface area contributed by atoms with Crippen LogP contribution in [0.15, 0.2) is 138 Å². The molecule has 2 aromatic heterocycles. The molecule has 0 saturated heterocycles. The monoisotopic (exact) mass is 487 g/mol. The summed E-state index contributed by atoms with van der Waals surface area (Å²) in [6, 6.07) is 39.7. The van der Waals surface area contributed by atoms with Crippen molar-refractivity contribution in [2.45, 2.75) is 12.5 Å². The predicted molar refractivity (Wildman–Crippen MR) is 160 cm³/mol. The molecule has 1 aliphatic rings. The lowest BCUT2D eigenvalue weighted by molar-refractivity contribution is 0.648. The van der Waals surface area contributed by atoms with Crippen molar-refractivity contribution in [2.24, 2.45) is 0 Å². The lowest BCUT2D eigenvalue weighted by Gasteiger charge is -2.18. The molecule has 38 heavy (non-hydrogen) atoms. The summed E-state index contributed by atoms with van der Waals surface area (Å²) in [5.41, 5.74) is 9.29. The highest BCUT2D eigenvalue weighted by atomic mass is 16.3. The van der Waals surface area contributed by atoms with Gasteiger partial charge in [0.1, 0.15) is 11.2 Å². The fourth-order valence-electron chi connectivity index (χ4n) is 6.08. The highest BCUT2D eigenvalue weighted by Gasteiger charge is 2.17. The first-order valence-electron chi connectivity index (χ1n) is 13.2. The Kier molecular flexibility index (Phi) is 4.68. The van der Waals surface area contributed by atoms with Gasteiger partial charge in [-0.25, -0.2) is 0 Å². The van der Waals surface area contributed by atoms with Crippen molar-refractivity contribution >= 4 is 43.7 Å². The largest absolute Gasteiger partial charge is 0.456 e. The summed E-state index contributed by atoms with van der Waals surface area (Å²) in [5.74, 6) is 0. The van der Waals surface area contributed by atoms with E-state index in [1.165, 1.54) is 44.1 Å². The van der Waals surface area contributed by atoms with Gasteiger partial charge in [0, 0.05) is 32.6 Å². The summed E-state index contributed by atoms with van der Waals surface area (Å²) in [4.78, 5) is 0. The molecule has 0 spiro atoms. The molecule has 2 heterocycles. The Bertz CT molecular complexity index is 2070. The fourth-order valence-corrected chi connectivity index (χ4v) is 6.08. The number of rotatable bonds is 3. The molecular weight excluding hydrogens is 462 g/mol. The van der Waals surface area contributed by atoms with E-state index in [0.717, 1.165) is 28.4 Å². The summed E-state index contributed by atoms with van der Waals surface area (Å²) in [7, 11) is 0. The first kappa shape index (κ1) is 21.3. The minimum Gasteiger partial charge on any atom is -0.456 e. The zero-order chi connectivity index (χ0) is 25.1. The number of allylic oxidation sites excluding steroid dienone is 4. The fraction of sp³-hybridized carbons (Fsp3) is 0.0556. The molecule has 2 nitrogen and oxygen atoms in total. The number of aromatic nitrogens is 1. The number of fused-ring (bicyclic) bond motifs is 6. The average molecular weight is 488 g/mol. The summed E-state index contributed by atoms with van der Waals surface area (Å²) >= 11 is 0. The van der Waals surface area contributed by atoms with Crippen LogP contribution in [-0.4, -0.2) is 4.57 Å². The lowest BCUT2D eigenvalue weighted by atomic mass is 9.97. The van der Waals surface area contributed by atoms with E-state index in [1.54, 1.807) is 0 Å². The van der Waals surface area contributed by atoms with Crippen LogP contribution in [0, 0.1) is 0 Å². The average Bonchev–Trinajstić information content (AvgIpc) is 3.53. The molecule has 180 valence electrons. The van der Waals surface area contributed by atoms with Gasteiger partial charge in [-0.15, -0.1) is 0 Å². The van der Waals surface area contributed by atoms with E-state index in [0.29, 0.717) is 6.04 Å². The highest BCUT2D eigenvalue weighted by Crippen LogP contribution is 2.38. The quantitative estimate of drug-likeness (QED) is 0.242. The van der Waals surface area contributed by atoms with Gasteiger partial charge in [0.15, 0.2) is 0 Å². The third-order valence-corrected chi connectivity index (χ3v) is 7.91. The van der Waals surface area contributed by atoms with Crippen LogP contribution in [0.3, 0.4) is 0 Å². The van der Waals surface area contributed by atoms with Gasteiger partial charge < -0.3 is 8.98 Å². The minimum absolute atomic E-state index is 0.338. The lowest BCUT2D eigenvalue weighted by Crippen LogP contribution is -2.06. The van der Waals surface area contributed by atoms with Gasteiger partial charge in [-0.3, -0.25) is 0 Å². The van der Waals surface area contributed by atoms with E-state index in [9.17, 15) is 0 Å². The second-order valence-electron chi connectivity index (χ2n) is 10.1. The van der Waals surface area contributed by atoms with E-state index >= 15 is 0 Å². The van der Waals surface area contributed by atoms with Crippen molar-refractivity contribution in [3.63, 3.8) is 0 Å².